The summed E-state index contributed by atoms with van der Waals surface area (Å²) < 4.78 is 26.6. The minimum absolute atomic E-state index is 0.0575. The first-order valence-electron chi connectivity index (χ1n) is 5.48. The highest BCUT2D eigenvalue weighted by Gasteiger charge is 2.29. The van der Waals surface area contributed by atoms with Crippen LogP contribution in [0.1, 0.15) is 0 Å². The van der Waals surface area contributed by atoms with E-state index < -0.39 is 25.5 Å². The lowest BCUT2D eigenvalue weighted by atomic mass is 10.3. The quantitative estimate of drug-likeness (QED) is 0.409. The molecule has 2 aromatic rings. The Kier molecular flexibility index (Phi) is 3.95. The molecule has 1 aromatic carbocycles. The van der Waals surface area contributed by atoms with Crippen molar-refractivity contribution in [2.45, 2.75) is 4.90 Å². The van der Waals surface area contributed by atoms with E-state index >= 15 is 0 Å². The van der Waals surface area contributed by atoms with E-state index in [1.165, 1.54) is 30.7 Å². The summed E-state index contributed by atoms with van der Waals surface area (Å²) in [6.07, 6.45) is 3.82. The van der Waals surface area contributed by atoms with Crippen molar-refractivity contribution in [1.29, 1.82) is 0 Å². The van der Waals surface area contributed by atoms with E-state index in [1.54, 1.807) is 0 Å². The average Bonchev–Trinajstić information content (AvgIpc) is 2.46. The van der Waals surface area contributed by atoms with Gasteiger partial charge in [-0.2, -0.15) is 0 Å². The highest BCUT2D eigenvalue weighted by molar-refractivity contribution is 7.92. The van der Waals surface area contributed by atoms with Crippen molar-refractivity contribution in [2.24, 2.45) is 5.84 Å². The molecule has 0 aliphatic rings. The summed E-state index contributed by atoms with van der Waals surface area (Å²) in [4.78, 5) is 17.2. The summed E-state index contributed by atoms with van der Waals surface area (Å²) in [7, 11) is -4.21. The van der Waals surface area contributed by atoms with Crippen LogP contribution in [0, 0.1) is 10.1 Å². The van der Waals surface area contributed by atoms with Gasteiger partial charge in [0.1, 0.15) is 5.69 Å². The number of nitrogen functional groups attached to an aromatic ring is 1. The zero-order valence-electron chi connectivity index (χ0n) is 10.4. The number of hydrogen-bond acceptors (Lipinski definition) is 8. The van der Waals surface area contributed by atoms with Gasteiger partial charge in [-0.3, -0.25) is 25.7 Å². The van der Waals surface area contributed by atoms with E-state index in [1.807, 2.05) is 0 Å². The van der Waals surface area contributed by atoms with Gasteiger partial charge in [0.15, 0.2) is 10.7 Å². The first kappa shape index (κ1) is 14.6. The number of nitrogens with one attached hydrogen (secondary N) is 2. The Balaban J connectivity index is 2.52. The molecule has 0 amide bonds. The van der Waals surface area contributed by atoms with Gasteiger partial charge in [-0.1, -0.05) is 6.07 Å². The molecule has 11 heteroatoms. The molecular weight excluding hydrogens is 300 g/mol. The van der Waals surface area contributed by atoms with Crippen LogP contribution in [-0.2, 0) is 10.0 Å². The summed E-state index contributed by atoms with van der Waals surface area (Å²) in [6.45, 7) is 0. The van der Waals surface area contributed by atoms with Crippen molar-refractivity contribution in [3.8, 4) is 0 Å². The second-order valence-electron chi connectivity index (χ2n) is 3.75. The zero-order chi connectivity index (χ0) is 15.5. The van der Waals surface area contributed by atoms with Gasteiger partial charge >= 0.3 is 5.69 Å². The molecule has 21 heavy (non-hydrogen) atoms. The van der Waals surface area contributed by atoms with Crippen LogP contribution in [0.4, 0.5) is 17.2 Å². The molecule has 0 bridgehead atoms. The molecule has 0 aliphatic carbocycles. The van der Waals surface area contributed by atoms with Gasteiger partial charge in [-0.05, 0) is 12.1 Å². The summed E-state index contributed by atoms with van der Waals surface area (Å²) in [5.74, 6) is 5.10. The van der Waals surface area contributed by atoms with Crippen molar-refractivity contribution in [2.75, 3.05) is 10.1 Å². The number of nitrogens with zero attached hydrogens (tertiary/aromatic N) is 3. The van der Waals surface area contributed by atoms with Crippen LogP contribution in [0.2, 0.25) is 0 Å². The van der Waals surface area contributed by atoms with Gasteiger partial charge in [-0.25, -0.2) is 13.4 Å². The second-order valence-corrected chi connectivity index (χ2v) is 5.40. The molecule has 110 valence electrons. The molecule has 0 aliphatic heterocycles. The third-order valence-corrected chi connectivity index (χ3v) is 3.82. The van der Waals surface area contributed by atoms with Crippen LogP contribution in [-0.4, -0.2) is 23.3 Å². The zero-order valence-corrected chi connectivity index (χ0v) is 11.2. The van der Waals surface area contributed by atoms with Crippen molar-refractivity contribution in [3.05, 3.63) is 46.9 Å². The monoisotopic (exact) mass is 310 g/mol. The number of rotatable bonds is 5. The van der Waals surface area contributed by atoms with Crippen molar-refractivity contribution in [3.63, 3.8) is 0 Å². The minimum Gasteiger partial charge on any atom is -0.318 e. The van der Waals surface area contributed by atoms with Crippen LogP contribution < -0.4 is 16.0 Å². The normalized spacial score (nSPS) is 10.9. The summed E-state index contributed by atoms with van der Waals surface area (Å²) in [5, 5.41) is 11.1. The van der Waals surface area contributed by atoms with Gasteiger partial charge in [0.05, 0.1) is 11.1 Å². The van der Waals surface area contributed by atoms with Crippen LogP contribution >= 0.6 is 0 Å². The maximum Gasteiger partial charge on any atom is 0.314 e. The van der Waals surface area contributed by atoms with Gasteiger partial charge < -0.3 is 5.43 Å². The van der Waals surface area contributed by atoms with Gasteiger partial charge in [0.2, 0.25) is 0 Å². The van der Waals surface area contributed by atoms with Crippen molar-refractivity contribution in [1.82, 2.24) is 9.97 Å². The van der Waals surface area contributed by atoms with Crippen LogP contribution in [0.5, 0.6) is 0 Å². The van der Waals surface area contributed by atoms with E-state index in [0.717, 1.165) is 6.07 Å². The standard InChI is InChI=1S/C10H10N6O4S/c11-14-7-2-1-3-8(10(7)16(17)18)21(19,20)15-9-6-12-4-5-13-9/h1-6,14H,11H2,(H,13,15). The fourth-order valence-corrected chi connectivity index (χ4v) is 2.78. The van der Waals surface area contributed by atoms with Crippen LogP contribution in [0.15, 0.2) is 41.7 Å². The number of hydrazine groups is 1. The predicted octanol–water partition coefficient (Wildman–Crippen LogP) is 0.471. The molecule has 10 nitrogen and oxygen atoms in total. The number of aromatic nitrogens is 2. The second kappa shape index (κ2) is 5.68. The molecule has 0 radical (unpaired) electrons. The first-order chi connectivity index (χ1) is 9.95. The molecule has 0 unspecified atom stereocenters. The molecule has 0 saturated carbocycles. The Morgan fingerprint density at radius 2 is 2.05 bits per heavy atom. The number of nitrogens with two attached hydrogens (primary N) is 1. The fraction of sp³-hybridized carbons (Fsp3) is 0. The third-order valence-electron chi connectivity index (χ3n) is 2.43. The first-order valence-corrected chi connectivity index (χ1v) is 6.97. The average molecular weight is 310 g/mol. The SMILES string of the molecule is NNc1cccc(S(=O)(=O)Nc2cnccn2)c1[N+](=O)[O-]. The van der Waals surface area contributed by atoms with Gasteiger partial charge in [0, 0.05) is 12.4 Å². The van der Waals surface area contributed by atoms with E-state index in [2.05, 4.69) is 20.1 Å². The van der Waals surface area contributed by atoms with E-state index in [0.29, 0.717) is 0 Å². The topological polar surface area (TPSA) is 153 Å². The number of sulfonamides is 1. The predicted molar refractivity (Wildman–Crippen MR) is 73.7 cm³/mol. The Labute approximate surface area is 119 Å². The maximum atomic E-state index is 12.2. The van der Waals surface area contributed by atoms with E-state index in [9.17, 15) is 18.5 Å². The number of nitro groups is 1. The number of nitro benzene ring substituents is 1. The lowest BCUT2D eigenvalue weighted by Crippen LogP contribution is -2.17. The molecule has 0 saturated heterocycles. The van der Waals surface area contributed by atoms with Crippen molar-refractivity contribution < 1.29 is 13.3 Å². The Morgan fingerprint density at radius 1 is 1.29 bits per heavy atom. The Hall–Kier alpha value is -2.79. The highest BCUT2D eigenvalue weighted by atomic mass is 32.2. The third kappa shape index (κ3) is 3.04. The highest BCUT2D eigenvalue weighted by Crippen LogP contribution is 2.32. The molecular formula is C10H10N6O4S. The Bertz CT molecular complexity index is 764. The molecule has 0 atom stereocenters. The van der Waals surface area contributed by atoms with Crippen LogP contribution in [0.25, 0.3) is 0 Å². The minimum atomic E-state index is -4.21. The van der Waals surface area contributed by atoms with E-state index in [4.69, 9.17) is 5.84 Å². The van der Waals surface area contributed by atoms with Gasteiger partial charge in [-0.15, -0.1) is 0 Å². The van der Waals surface area contributed by atoms with Crippen LogP contribution in [0.3, 0.4) is 0 Å². The number of benzene rings is 1. The molecule has 0 fully saturated rings. The lowest BCUT2D eigenvalue weighted by molar-refractivity contribution is -0.386. The Morgan fingerprint density at radius 3 is 2.62 bits per heavy atom. The lowest BCUT2D eigenvalue weighted by Gasteiger charge is -2.09. The fourth-order valence-electron chi connectivity index (χ4n) is 1.59. The largest absolute Gasteiger partial charge is 0.318 e. The summed E-state index contributed by atoms with van der Waals surface area (Å²) in [6, 6.07) is 3.71. The summed E-state index contributed by atoms with van der Waals surface area (Å²) in [5.41, 5.74) is 1.31. The molecule has 1 aromatic heterocycles. The van der Waals surface area contributed by atoms with Crippen molar-refractivity contribution >= 4 is 27.2 Å². The number of hydrogen-bond donors (Lipinski definition) is 3. The smallest absolute Gasteiger partial charge is 0.314 e. The van der Waals surface area contributed by atoms with Gasteiger partial charge in [0.25, 0.3) is 10.0 Å². The maximum absolute atomic E-state index is 12.2. The number of anilines is 2. The van der Waals surface area contributed by atoms with E-state index in [-0.39, 0.29) is 11.5 Å². The number of para-hydroxylation sites is 1. The molecule has 1 heterocycles. The molecule has 4 N–H and O–H groups in total. The molecule has 2 rings (SSSR count). The molecule has 0 spiro atoms. The summed E-state index contributed by atoms with van der Waals surface area (Å²) >= 11 is 0.